The van der Waals surface area contributed by atoms with Gasteiger partial charge >= 0.3 is 6.36 Å². The molecule has 0 unspecified atom stereocenters. The summed E-state index contributed by atoms with van der Waals surface area (Å²) in [7, 11) is 0. The van der Waals surface area contributed by atoms with Crippen molar-refractivity contribution in [3.8, 4) is 35.0 Å². The SMILES string of the molecule is C#Cc1cc(OC(F)(F)F)cc(-c2ccccc2OCc2ccccc2)c1. The Bertz CT molecular complexity index is 957. The molecule has 0 aliphatic rings. The lowest BCUT2D eigenvalue weighted by molar-refractivity contribution is -0.274. The molecular formula is C22H15F3O2. The number of hydrogen-bond acceptors (Lipinski definition) is 2. The molecule has 0 spiro atoms. The van der Waals surface area contributed by atoms with Gasteiger partial charge in [-0.1, -0.05) is 54.5 Å². The quantitative estimate of drug-likeness (QED) is 0.529. The largest absolute Gasteiger partial charge is 0.573 e. The summed E-state index contributed by atoms with van der Waals surface area (Å²) < 4.78 is 47.7. The van der Waals surface area contributed by atoms with Crippen molar-refractivity contribution in [3.05, 3.63) is 83.9 Å². The summed E-state index contributed by atoms with van der Waals surface area (Å²) in [6.07, 6.45) is 0.586. The Kier molecular flexibility index (Phi) is 5.37. The molecule has 27 heavy (non-hydrogen) atoms. The summed E-state index contributed by atoms with van der Waals surface area (Å²) in [5.74, 6) is 2.52. The summed E-state index contributed by atoms with van der Waals surface area (Å²) in [4.78, 5) is 0. The Hall–Kier alpha value is -3.39. The highest BCUT2D eigenvalue weighted by Gasteiger charge is 2.31. The van der Waals surface area contributed by atoms with Gasteiger partial charge in [-0.05, 0) is 35.4 Å². The highest BCUT2D eigenvalue weighted by Crippen LogP contribution is 2.35. The van der Waals surface area contributed by atoms with Crippen molar-refractivity contribution in [2.45, 2.75) is 13.0 Å². The Morgan fingerprint density at radius 3 is 2.30 bits per heavy atom. The highest BCUT2D eigenvalue weighted by molar-refractivity contribution is 5.73. The van der Waals surface area contributed by atoms with Crippen molar-refractivity contribution >= 4 is 0 Å². The third-order valence-electron chi connectivity index (χ3n) is 3.74. The van der Waals surface area contributed by atoms with Crippen molar-refractivity contribution in [1.29, 1.82) is 0 Å². The Balaban J connectivity index is 1.94. The molecule has 0 bridgehead atoms. The molecule has 2 nitrogen and oxygen atoms in total. The van der Waals surface area contributed by atoms with Gasteiger partial charge in [-0.3, -0.25) is 0 Å². The molecule has 0 aliphatic carbocycles. The number of ether oxygens (including phenoxy) is 2. The average Bonchev–Trinajstić information content (AvgIpc) is 2.66. The van der Waals surface area contributed by atoms with Gasteiger partial charge in [0, 0.05) is 11.1 Å². The van der Waals surface area contributed by atoms with Crippen molar-refractivity contribution in [1.82, 2.24) is 0 Å². The van der Waals surface area contributed by atoms with E-state index in [1.807, 2.05) is 30.3 Å². The van der Waals surface area contributed by atoms with E-state index in [0.29, 0.717) is 23.5 Å². The van der Waals surface area contributed by atoms with Gasteiger partial charge in [-0.25, -0.2) is 0 Å². The van der Waals surface area contributed by atoms with E-state index < -0.39 is 6.36 Å². The molecule has 3 aromatic carbocycles. The van der Waals surface area contributed by atoms with Crippen LogP contribution in [0.25, 0.3) is 11.1 Å². The standard InChI is InChI=1S/C22H15F3O2/c1-2-16-12-18(14-19(13-16)27-22(23,24)25)20-10-6-7-11-21(20)26-15-17-8-4-3-5-9-17/h1,3-14H,15H2. The summed E-state index contributed by atoms with van der Waals surface area (Å²) in [6.45, 7) is 0.332. The topological polar surface area (TPSA) is 18.5 Å². The van der Waals surface area contributed by atoms with Gasteiger partial charge in [-0.2, -0.15) is 0 Å². The van der Waals surface area contributed by atoms with Crippen LogP contribution in [0.5, 0.6) is 11.5 Å². The molecule has 0 radical (unpaired) electrons. The first-order valence-electron chi connectivity index (χ1n) is 8.08. The summed E-state index contributed by atoms with van der Waals surface area (Å²) >= 11 is 0. The Morgan fingerprint density at radius 1 is 0.889 bits per heavy atom. The zero-order valence-corrected chi connectivity index (χ0v) is 14.2. The van der Waals surface area contributed by atoms with E-state index in [1.165, 1.54) is 12.1 Å². The maximum absolute atomic E-state index is 12.6. The van der Waals surface area contributed by atoms with Gasteiger partial charge in [0.2, 0.25) is 0 Å². The third-order valence-corrected chi connectivity index (χ3v) is 3.74. The predicted molar refractivity (Wildman–Crippen MR) is 97.3 cm³/mol. The second-order valence-electron chi connectivity index (χ2n) is 5.71. The molecule has 136 valence electrons. The second-order valence-corrected chi connectivity index (χ2v) is 5.71. The van der Waals surface area contributed by atoms with Crippen LogP contribution in [0.1, 0.15) is 11.1 Å². The van der Waals surface area contributed by atoms with Crippen LogP contribution in [-0.2, 0) is 6.61 Å². The highest BCUT2D eigenvalue weighted by atomic mass is 19.4. The van der Waals surface area contributed by atoms with E-state index in [0.717, 1.165) is 5.56 Å². The van der Waals surface area contributed by atoms with E-state index in [2.05, 4.69) is 10.7 Å². The van der Waals surface area contributed by atoms with Gasteiger partial charge in [0.15, 0.2) is 0 Å². The van der Waals surface area contributed by atoms with Crippen LogP contribution in [0.15, 0.2) is 72.8 Å². The van der Waals surface area contributed by atoms with Crippen LogP contribution in [0, 0.1) is 12.3 Å². The molecule has 3 aromatic rings. The number of rotatable bonds is 5. The normalized spacial score (nSPS) is 10.9. The maximum atomic E-state index is 12.6. The van der Waals surface area contributed by atoms with Crippen LogP contribution in [-0.4, -0.2) is 6.36 Å². The average molecular weight is 368 g/mol. The van der Waals surface area contributed by atoms with E-state index >= 15 is 0 Å². The molecule has 0 N–H and O–H groups in total. The summed E-state index contributed by atoms with van der Waals surface area (Å²) in [5, 5.41) is 0. The first kappa shape index (κ1) is 18.4. The van der Waals surface area contributed by atoms with Crippen molar-refractivity contribution in [2.75, 3.05) is 0 Å². The molecule has 3 rings (SSSR count). The molecule has 0 fully saturated rings. The van der Waals surface area contributed by atoms with Crippen LogP contribution in [0.4, 0.5) is 13.2 Å². The fourth-order valence-corrected chi connectivity index (χ4v) is 2.60. The van der Waals surface area contributed by atoms with Gasteiger partial charge < -0.3 is 9.47 Å². The van der Waals surface area contributed by atoms with Gasteiger partial charge in [0.05, 0.1) is 0 Å². The zero-order chi connectivity index (χ0) is 19.3. The lowest BCUT2D eigenvalue weighted by Crippen LogP contribution is -2.17. The number of alkyl halides is 3. The van der Waals surface area contributed by atoms with Crippen molar-refractivity contribution in [3.63, 3.8) is 0 Å². The minimum absolute atomic E-state index is 0.282. The molecule has 5 heteroatoms. The van der Waals surface area contributed by atoms with Crippen LogP contribution in [0.3, 0.4) is 0 Å². The third kappa shape index (κ3) is 5.05. The zero-order valence-electron chi connectivity index (χ0n) is 14.2. The maximum Gasteiger partial charge on any atom is 0.573 e. The summed E-state index contributed by atoms with van der Waals surface area (Å²) in [5.41, 5.74) is 2.36. The lowest BCUT2D eigenvalue weighted by atomic mass is 10.0. The lowest BCUT2D eigenvalue weighted by Gasteiger charge is -2.14. The fraction of sp³-hybridized carbons (Fsp3) is 0.0909. The molecule has 0 aromatic heterocycles. The van der Waals surface area contributed by atoms with E-state index in [4.69, 9.17) is 11.2 Å². The molecular weight excluding hydrogens is 353 g/mol. The Labute approximate surface area is 155 Å². The van der Waals surface area contributed by atoms with E-state index in [1.54, 1.807) is 30.3 Å². The summed E-state index contributed by atoms with van der Waals surface area (Å²) in [6, 6.07) is 20.7. The first-order chi connectivity index (χ1) is 12.9. The number of terminal acetylenes is 1. The van der Waals surface area contributed by atoms with Crippen molar-refractivity contribution in [2.24, 2.45) is 0 Å². The fourth-order valence-electron chi connectivity index (χ4n) is 2.60. The molecule has 0 amide bonds. The molecule has 0 heterocycles. The molecule has 0 aliphatic heterocycles. The van der Waals surface area contributed by atoms with Gasteiger partial charge in [0.25, 0.3) is 0 Å². The number of hydrogen-bond donors (Lipinski definition) is 0. The smallest absolute Gasteiger partial charge is 0.488 e. The van der Waals surface area contributed by atoms with Gasteiger partial charge in [-0.15, -0.1) is 19.6 Å². The van der Waals surface area contributed by atoms with Gasteiger partial charge in [0.1, 0.15) is 18.1 Å². The minimum Gasteiger partial charge on any atom is -0.488 e. The second kappa shape index (κ2) is 7.88. The predicted octanol–water partition coefficient (Wildman–Crippen LogP) is 5.81. The molecule has 0 atom stereocenters. The van der Waals surface area contributed by atoms with E-state index in [-0.39, 0.29) is 11.3 Å². The minimum atomic E-state index is -4.80. The number of benzene rings is 3. The Morgan fingerprint density at radius 2 is 1.59 bits per heavy atom. The van der Waals surface area contributed by atoms with Crippen LogP contribution < -0.4 is 9.47 Å². The van der Waals surface area contributed by atoms with Crippen LogP contribution >= 0.6 is 0 Å². The molecule has 0 saturated heterocycles. The number of para-hydroxylation sites is 1. The first-order valence-corrected chi connectivity index (χ1v) is 8.08. The van der Waals surface area contributed by atoms with Crippen molar-refractivity contribution < 1.29 is 22.6 Å². The number of halogens is 3. The molecule has 0 saturated carbocycles. The van der Waals surface area contributed by atoms with E-state index in [9.17, 15) is 13.2 Å². The monoisotopic (exact) mass is 368 g/mol. The van der Waals surface area contributed by atoms with Crippen LogP contribution in [0.2, 0.25) is 0 Å².